The Hall–Kier alpha value is -0.370. The zero-order chi connectivity index (χ0) is 7.72. The van der Waals surface area contributed by atoms with Gasteiger partial charge >= 0.3 is 0 Å². The first-order valence-electron chi connectivity index (χ1n) is 3.81. The van der Waals surface area contributed by atoms with Crippen molar-refractivity contribution in [2.75, 3.05) is 6.61 Å². The van der Waals surface area contributed by atoms with Gasteiger partial charge in [-0.05, 0) is 12.3 Å². The lowest BCUT2D eigenvalue weighted by molar-refractivity contribution is -0.123. The molecule has 1 saturated carbocycles. The van der Waals surface area contributed by atoms with Gasteiger partial charge < -0.3 is 5.11 Å². The summed E-state index contributed by atoms with van der Waals surface area (Å²) in [4.78, 5) is 11.2. The van der Waals surface area contributed by atoms with Crippen molar-refractivity contribution in [1.82, 2.24) is 0 Å². The van der Waals surface area contributed by atoms with Gasteiger partial charge in [0, 0.05) is 18.4 Å². The Labute approximate surface area is 61.2 Å². The number of aliphatic hydroxyl groups excluding tert-OH is 1. The van der Waals surface area contributed by atoms with E-state index in [9.17, 15) is 4.79 Å². The van der Waals surface area contributed by atoms with Crippen LogP contribution in [0.2, 0.25) is 0 Å². The zero-order valence-electron chi connectivity index (χ0n) is 6.50. The first kappa shape index (κ1) is 7.73. The number of carbonyl (C=O) groups excluding carboxylic acids is 1. The molecule has 0 heterocycles. The summed E-state index contributed by atoms with van der Waals surface area (Å²) >= 11 is 0. The number of rotatable bonds is 3. The summed E-state index contributed by atoms with van der Waals surface area (Å²) < 4.78 is 0. The third-order valence-electron chi connectivity index (χ3n) is 2.09. The van der Waals surface area contributed by atoms with Crippen LogP contribution in [0.3, 0.4) is 0 Å². The molecule has 10 heavy (non-hydrogen) atoms. The average molecular weight is 142 g/mol. The molecule has 0 saturated heterocycles. The van der Waals surface area contributed by atoms with Crippen molar-refractivity contribution in [3.8, 4) is 0 Å². The molecular formula is C8H14O2. The molecule has 0 spiro atoms. The predicted octanol–water partition coefficient (Wildman–Crippen LogP) is 0.840. The number of hydrogen-bond donors (Lipinski definition) is 1. The highest BCUT2D eigenvalue weighted by molar-refractivity contribution is 5.85. The van der Waals surface area contributed by atoms with Crippen molar-refractivity contribution in [2.45, 2.75) is 20.3 Å². The second-order valence-corrected chi connectivity index (χ2v) is 3.34. The quantitative estimate of drug-likeness (QED) is 0.634. The number of aliphatic hydroxyl groups is 1. The highest BCUT2D eigenvalue weighted by atomic mass is 16.3. The average Bonchev–Trinajstić information content (AvgIpc) is 2.64. The van der Waals surface area contributed by atoms with E-state index in [1.807, 2.05) is 13.8 Å². The molecule has 2 nitrogen and oxygen atoms in total. The summed E-state index contributed by atoms with van der Waals surface area (Å²) in [7, 11) is 0. The van der Waals surface area contributed by atoms with Gasteiger partial charge in [-0.1, -0.05) is 13.8 Å². The molecule has 2 heteroatoms. The molecule has 58 valence electrons. The lowest BCUT2D eigenvalue weighted by Crippen LogP contribution is -2.11. The smallest absolute Gasteiger partial charge is 0.138 e. The van der Waals surface area contributed by atoms with Crippen LogP contribution in [0.15, 0.2) is 0 Å². The molecule has 0 bridgehead atoms. The molecule has 1 aliphatic rings. The Morgan fingerprint density at radius 3 is 2.60 bits per heavy atom. The van der Waals surface area contributed by atoms with Gasteiger partial charge in [0.15, 0.2) is 0 Å². The summed E-state index contributed by atoms with van der Waals surface area (Å²) in [5.41, 5.74) is 0. The molecule has 2 atom stereocenters. The standard InChI is InChI=1S/C8H14O2/c1-5(2)8(10)7-3-6(7)4-9/h5-7,9H,3-4H2,1-2H3/t6-,7-/m0/s1. The second kappa shape index (κ2) is 2.70. The highest BCUT2D eigenvalue weighted by Crippen LogP contribution is 2.40. The van der Waals surface area contributed by atoms with Gasteiger partial charge in [-0.15, -0.1) is 0 Å². The molecule has 0 aromatic rings. The van der Waals surface area contributed by atoms with Crippen LogP contribution < -0.4 is 0 Å². The van der Waals surface area contributed by atoms with Crippen LogP contribution in [0.25, 0.3) is 0 Å². The molecule has 0 amide bonds. The van der Waals surface area contributed by atoms with Crippen molar-refractivity contribution in [1.29, 1.82) is 0 Å². The third kappa shape index (κ3) is 1.37. The van der Waals surface area contributed by atoms with E-state index in [0.29, 0.717) is 5.78 Å². The molecule has 1 fully saturated rings. The minimum Gasteiger partial charge on any atom is -0.396 e. The minimum atomic E-state index is 0.140. The topological polar surface area (TPSA) is 37.3 Å². The molecule has 0 aromatic heterocycles. The fourth-order valence-electron chi connectivity index (χ4n) is 1.23. The van der Waals surface area contributed by atoms with Crippen molar-refractivity contribution in [2.24, 2.45) is 17.8 Å². The maximum Gasteiger partial charge on any atom is 0.138 e. The molecule has 1 aliphatic carbocycles. The van der Waals surface area contributed by atoms with E-state index in [1.54, 1.807) is 0 Å². The van der Waals surface area contributed by atoms with Crippen LogP contribution in [-0.4, -0.2) is 17.5 Å². The Balaban J connectivity index is 2.33. The summed E-state index contributed by atoms with van der Waals surface area (Å²) in [5.74, 6) is 0.931. The van der Waals surface area contributed by atoms with Crippen LogP contribution in [-0.2, 0) is 4.79 Å². The fraction of sp³-hybridized carbons (Fsp3) is 0.875. The van der Waals surface area contributed by atoms with Gasteiger partial charge in [0.1, 0.15) is 5.78 Å². The lowest BCUT2D eigenvalue weighted by atomic mass is 10.0. The Morgan fingerprint density at radius 2 is 2.30 bits per heavy atom. The second-order valence-electron chi connectivity index (χ2n) is 3.34. The van der Waals surface area contributed by atoms with E-state index < -0.39 is 0 Å². The van der Waals surface area contributed by atoms with Crippen molar-refractivity contribution in [3.63, 3.8) is 0 Å². The molecule has 1 N–H and O–H groups in total. The predicted molar refractivity (Wildman–Crippen MR) is 38.5 cm³/mol. The monoisotopic (exact) mass is 142 g/mol. The normalized spacial score (nSPS) is 30.8. The van der Waals surface area contributed by atoms with Crippen LogP contribution in [0.5, 0.6) is 0 Å². The van der Waals surface area contributed by atoms with Gasteiger partial charge in [0.25, 0.3) is 0 Å². The lowest BCUT2D eigenvalue weighted by Gasteiger charge is -2.00. The molecule has 0 unspecified atom stereocenters. The van der Waals surface area contributed by atoms with Crippen LogP contribution in [0, 0.1) is 17.8 Å². The van der Waals surface area contributed by atoms with E-state index in [1.165, 1.54) is 0 Å². The minimum absolute atomic E-state index is 0.140. The number of carbonyl (C=O) groups is 1. The molecule has 0 aromatic carbocycles. The Morgan fingerprint density at radius 1 is 1.70 bits per heavy atom. The zero-order valence-corrected chi connectivity index (χ0v) is 6.50. The summed E-state index contributed by atoms with van der Waals surface area (Å²) in [6.45, 7) is 4.01. The van der Waals surface area contributed by atoms with Gasteiger partial charge in [0.2, 0.25) is 0 Å². The Bertz CT molecular complexity index is 140. The van der Waals surface area contributed by atoms with E-state index in [0.717, 1.165) is 6.42 Å². The molecule has 0 aliphatic heterocycles. The van der Waals surface area contributed by atoms with Crippen molar-refractivity contribution >= 4 is 5.78 Å². The van der Waals surface area contributed by atoms with Crippen molar-refractivity contribution in [3.05, 3.63) is 0 Å². The Kier molecular flexibility index (Phi) is 2.09. The van der Waals surface area contributed by atoms with Crippen LogP contribution >= 0.6 is 0 Å². The highest BCUT2D eigenvalue weighted by Gasteiger charge is 2.42. The van der Waals surface area contributed by atoms with E-state index in [2.05, 4.69) is 0 Å². The first-order chi connectivity index (χ1) is 4.66. The van der Waals surface area contributed by atoms with Crippen molar-refractivity contribution < 1.29 is 9.90 Å². The molecule has 1 rings (SSSR count). The van der Waals surface area contributed by atoms with Gasteiger partial charge in [-0.25, -0.2) is 0 Å². The van der Waals surface area contributed by atoms with Crippen LogP contribution in [0.4, 0.5) is 0 Å². The number of Topliss-reactive ketones (excluding diaryl/α,β-unsaturated/α-hetero) is 1. The maximum absolute atomic E-state index is 11.2. The van der Waals surface area contributed by atoms with Crippen LogP contribution in [0.1, 0.15) is 20.3 Å². The number of hydrogen-bond acceptors (Lipinski definition) is 2. The molecular weight excluding hydrogens is 128 g/mol. The van der Waals surface area contributed by atoms with E-state index >= 15 is 0 Å². The number of ketones is 1. The summed E-state index contributed by atoms with van der Waals surface area (Å²) in [6, 6.07) is 0. The summed E-state index contributed by atoms with van der Waals surface area (Å²) in [5, 5.41) is 8.65. The third-order valence-corrected chi connectivity index (χ3v) is 2.09. The SMILES string of the molecule is CC(C)C(=O)[C@H]1C[C@H]1CO. The largest absolute Gasteiger partial charge is 0.396 e. The van der Waals surface area contributed by atoms with Gasteiger partial charge in [0.05, 0.1) is 0 Å². The first-order valence-corrected chi connectivity index (χ1v) is 3.81. The molecule has 0 radical (unpaired) electrons. The maximum atomic E-state index is 11.2. The van der Waals surface area contributed by atoms with E-state index in [4.69, 9.17) is 5.11 Å². The van der Waals surface area contributed by atoms with E-state index in [-0.39, 0.29) is 24.4 Å². The summed E-state index contributed by atoms with van der Waals surface area (Å²) in [6.07, 6.45) is 0.910. The van der Waals surface area contributed by atoms with Gasteiger partial charge in [-0.2, -0.15) is 0 Å². The van der Waals surface area contributed by atoms with Gasteiger partial charge in [-0.3, -0.25) is 4.79 Å². The fourth-order valence-corrected chi connectivity index (χ4v) is 1.23.